The monoisotopic (exact) mass is 354 g/mol. The number of ether oxygens (including phenoxy) is 3. The summed E-state index contributed by atoms with van der Waals surface area (Å²) in [7, 11) is 3.08. The first-order valence-corrected chi connectivity index (χ1v) is 9.17. The van der Waals surface area contributed by atoms with Crippen LogP contribution in [0.2, 0.25) is 0 Å². The lowest BCUT2D eigenvalue weighted by Crippen LogP contribution is -2.13. The van der Waals surface area contributed by atoms with Crippen LogP contribution in [0.4, 0.5) is 0 Å². The average molecular weight is 354 g/mol. The number of hydrogen-bond donors (Lipinski definition) is 0. The summed E-state index contributed by atoms with van der Waals surface area (Å²) >= 11 is 0. The number of carbonyl (C=O) groups is 1. The summed E-state index contributed by atoms with van der Waals surface area (Å²) in [6, 6.07) is 16.0. The number of carbonyl (C=O) groups excluding carboxylic acids is 1. The van der Waals surface area contributed by atoms with Gasteiger partial charge >= 0.3 is 5.97 Å². The van der Waals surface area contributed by atoms with Gasteiger partial charge < -0.3 is 14.2 Å². The zero-order chi connectivity index (χ0) is 18.4. The summed E-state index contributed by atoms with van der Waals surface area (Å²) in [4.78, 5) is 12.0. The topological polar surface area (TPSA) is 44.8 Å². The Hall–Kier alpha value is -2.49. The molecule has 0 unspecified atom stereocenters. The molecule has 0 heterocycles. The SMILES string of the molecule is COC(=O)C[C@H](c1ccccc1)c1ccc(OC)c(OC2CCCC2)c1. The van der Waals surface area contributed by atoms with Gasteiger partial charge in [0.05, 0.1) is 26.7 Å². The largest absolute Gasteiger partial charge is 0.493 e. The molecule has 2 aromatic carbocycles. The molecule has 0 N–H and O–H groups in total. The first-order chi connectivity index (χ1) is 12.7. The highest BCUT2D eigenvalue weighted by molar-refractivity contribution is 5.71. The molecule has 0 amide bonds. The van der Waals surface area contributed by atoms with E-state index in [4.69, 9.17) is 14.2 Å². The van der Waals surface area contributed by atoms with Gasteiger partial charge in [-0.05, 0) is 48.9 Å². The molecule has 3 rings (SSSR count). The molecular weight excluding hydrogens is 328 g/mol. The van der Waals surface area contributed by atoms with Crippen molar-refractivity contribution in [3.05, 3.63) is 59.7 Å². The second kappa shape index (κ2) is 8.75. The highest BCUT2D eigenvalue weighted by atomic mass is 16.5. The number of benzene rings is 2. The van der Waals surface area contributed by atoms with E-state index in [1.807, 2.05) is 48.5 Å². The maximum absolute atomic E-state index is 12.0. The van der Waals surface area contributed by atoms with Crippen molar-refractivity contribution < 1.29 is 19.0 Å². The highest BCUT2D eigenvalue weighted by Gasteiger charge is 2.22. The zero-order valence-corrected chi connectivity index (χ0v) is 15.4. The molecule has 1 aliphatic rings. The maximum atomic E-state index is 12.0. The van der Waals surface area contributed by atoms with Gasteiger partial charge in [-0.15, -0.1) is 0 Å². The van der Waals surface area contributed by atoms with Gasteiger partial charge in [-0.3, -0.25) is 4.79 Å². The van der Waals surface area contributed by atoms with Crippen LogP contribution in [0.3, 0.4) is 0 Å². The molecular formula is C22H26O4. The highest BCUT2D eigenvalue weighted by Crippen LogP contribution is 2.37. The van der Waals surface area contributed by atoms with Crippen molar-refractivity contribution in [2.45, 2.75) is 44.1 Å². The summed E-state index contributed by atoms with van der Waals surface area (Å²) in [5, 5.41) is 0. The fourth-order valence-electron chi connectivity index (χ4n) is 3.55. The van der Waals surface area contributed by atoms with Crippen LogP contribution >= 0.6 is 0 Å². The number of esters is 1. The molecule has 1 fully saturated rings. The molecule has 4 nitrogen and oxygen atoms in total. The predicted molar refractivity (Wildman–Crippen MR) is 101 cm³/mol. The number of hydrogen-bond acceptors (Lipinski definition) is 4. The van der Waals surface area contributed by atoms with E-state index in [1.165, 1.54) is 20.0 Å². The van der Waals surface area contributed by atoms with E-state index in [0.29, 0.717) is 0 Å². The van der Waals surface area contributed by atoms with Crippen LogP contribution in [-0.4, -0.2) is 26.3 Å². The van der Waals surface area contributed by atoms with Crippen LogP contribution in [0.15, 0.2) is 48.5 Å². The second-order valence-electron chi connectivity index (χ2n) is 6.68. The average Bonchev–Trinajstić information content (AvgIpc) is 3.19. The van der Waals surface area contributed by atoms with Crippen molar-refractivity contribution in [3.63, 3.8) is 0 Å². The summed E-state index contributed by atoms with van der Waals surface area (Å²) in [5.41, 5.74) is 2.10. The van der Waals surface area contributed by atoms with Crippen LogP contribution in [0, 0.1) is 0 Å². The van der Waals surface area contributed by atoms with E-state index < -0.39 is 0 Å². The Kier molecular flexibility index (Phi) is 6.16. The lowest BCUT2D eigenvalue weighted by atomic mass is 9.88. The minimum Gasteiger partial charge on any atom is -0.493 e. The van der Waals surface area contributed by atoms with Crippen LogP contribution in [0.25, 0.3) is 0 Å². The van der Waals surface area contributed by atoms with Gasteiger partial charge in [0.1, 0.15) is 0 Å². The lowest BCUT2D eigenvalue weighted by molar-refractivity contribution is -0.140. The summed E-state index contributed by atoms with van der Waals surface area (Å²) < 4.78 is 16.6. The van der Waals surface area contributed by atoms with Crippen LogP contribution in [0.5, 0.6) is 11.5 Å². The van der Waals surface area contributed by atoms with E-state index in [-0.39, 0.29) is 24.4 Å². The standard InChI is InChI=1S/C22H26O4/c1-24-20-13-12-17(14-21(20)26-18-10-6-7-11-18)19(15-22(23)25-2)16-8-4-3-5-9-16/h3-5,8-9,12-14,18-19H,6-7,10-11,15H2,1-2H3/t19-/m1/s1. The summed E-state index contributed by atoms with van der Waals surface area (Å²) in [6.45, 7) is 0. The minimum atomic E-state index is -0.229. The van der Waals surface area contributed by atoms with E-state index in [2.05, 4.69) is 0 Å². The molecule has 1 atom stereocenters. The Morgan fingerprint density at radius 2 is 1.73 bits per heavy atom. The van der Waals surface area contributed by atoms with Crippen molar-refractivity contribution >= 4 is 5.97 Å². The molecule has 4 heteroatoms. The number of rotatable bonds is 7. The summed E-state index contributed by atoms with van der Waals surface area (Å²) in [5.74, 6) is 1.17. The molecule has 2 aromatic rings. The zero-order valence-electron chi connectivity index (χ0n) is 15.4. The Balaban J connectivity index is 1.93. The van der Waals surface area contributed by atoms with Gasteiger partial charge in [-0.25, -0.2) is 0 Å². The van der Waals surface area contributed by atoms with E-state index in [9.17, 15) is 4.79 Å². The Morgan fingerprint density at radius 1 is 1.00 bits per heavy atom. The molecule has 0 spiro atoms. The van der Waals surface area contributed by atoms with Gasteiger partial charge in [0, 0.05) is 5.92 Å². The van der Waals surface area contributed by atoms with E-state index in [0.717, 1.165) is 35.5 Å². The maximum Gasteiger partial charge on any atom is 0.306 e. The van der Waals surface area contributed by atoms with Crippen molar-refractivity contribution in [1.82, 2.24) is 0 Å². The third-order valence-corrected chi connectivity index (χ3v) is 4.99. The number of methoxy groups -OCH3 is 2. The van der Waals surface area contributed by atoms with Crippen LogP contribution < -0.4 is 9.47 Å². The van der Waals surface area contributed by atoms with Gasteiger partial charge in [0.2, 0.25) is 0 Å². The molecule has 0 radical (unpaired) electrons. The molecule has 1 saturated carbocycles. The molecule has 0 saturated heterocycles. The second-order valence-corrected chi connectivity index (χ2v) is 6.68. The Bertz CT molecular complexity index is 720. The smallest absolute Gasteiger partial charge is 0.306 e. The minimum absolute atomic E-state index is 0.0829. The van der Waals surface area contributed by atoms with Crippen molar-refractivity contribution in [2.24, 2.45) is 0 Å². The van der Waals surface area contributed by atoms with Gasteiger partial charge in [0.25, 0.3) is 0 Å². The van der Waals surface area contributed by atoms with Crippen molar-refractivity contribution in [3.8, 4) is 11.5 Å². The quantitative estimate of drug-likeness (QED) is 0.676. The first-order valence-electron chi connectivity index (χ1n) is 9.17. The first kappa shape index (κ1) is 18.3. The van der Waals surface area contributed by atoms with E-state index >= 15 is 0 Å². The van der Waals surface area contributed by atoms with Crippen LogP contribution in [-0.2, 0) is 9.53 Å². The Morgan fingerprint density at radius 3 is 2.38 bits per heavy atom. The van der Waals surface area contributed by atoms with Crippen molar-refractivity contribution in [1.29, 1.82) is 0 Å². The molecule has 138 valence electrons. The van der Waals surface area contributed by atoms with Crippen LogP contribution in [0.1, 0.15) is 49.1 Å². The fraction of sp³-hybridized carbons (Fsp3) is 0.409. The van der Waals surface area contributed by atoms with E-state index in [1.54, 1.807) is 7.11 Å². The normalized spacial score (nSPS) is 15.5. The van der Waals surface area contributed by atoms with Crippen molar-refractivity contribution in [2.75, 3.05) is 14.2 Å². The molecule has 0 bridgehead atoms. The predicted octanol–water partition coefficient (Wildman–Crippen LogP) is 4.71. The molecule has 0 aliphatic heterocycles. The van der Waals surface area contributed by atoms with Gasteiger partial charge in [0.15, 0.2) is 11.5 Å². The molecule has 1 aliphatic carbocycles. The van der Waals surface area contributed by atoms with Gasteiger partial charge in [-0.1, -0.05) is 36.4 Å². The molecule has 26 heavy (non-hydrogen) atoms. The molecule has 0 aromatic heterocycles. The Labute approximate surface area is 155 Å². The summed E-state index contributed by atoms with van der Waals surface area (Å²) in [6.07, 6.45) is 5.11. The lowest BCUT2D eigenvalue weighted by Gasteiger charge is -2.21. The third kappa shape index (κ3) is 4.37. The third-order valence-electron chi connectivity index (χ3n) is 4.99. The van der Waals surface area contributed by atoms with Gasteiger partial charge in [-0.2, -0.15) is 0 Å². The fourth-order valence-corrected chi connectivity index (χ4v) is 3.55.